The summed E-state index contributed by atoms with van der Waals surface area (Å²) in [7, 11) is 0. The van der Waals surface area contributed by atoms with Gasteiger partial charge in [0.2, 0.25) is 0 Å². The highest BCUT2D eigenvalue weighted by Gasteiger charge is 2.10. The molecule has 2 heteroatoms. The van der Waals surface area contributed by atoms with Crippen LogP contribution < -0.4 is 0 Å². The number of hydrogen-bond donors (Lipinski definition) is 0. The first-order valence-corrected chi connectivity index (χ1v) is 7.36. The minimum atomic E-state index is 0.297. The number of ketones is 1. The van der Waals surface area contributed by atoms with Gasteiger partial charge in [-0.15, -0.1) is 0 Å². The van der Waals surface area contributed by atoms with E-state index < -0.39 is 0 Å². The first-order valence-electron chi connectivity index (χ1n) is 7.36. The molecule has 2 nitrogen and oxygen atoms in total. The number of carbonyl (C=O) groups is 1. The Balaban J connectivity index is 2.21. The van der Waals surface area contributed by atoms with Gasteiger partial charge in [-0.05, 0) is 35.2 Å². The molecule has 0 amide bonds. The zero-order chi connectivity index (χ0) is 14.5. The maximum atomic E-state index is 11.6. The van der Waals surface area contributed by atoms with E-state index in [1.807, 2.05) is 13.8 Å². The lowest BCUT2D eigenvalue weighted by Gasteiger charge is -2.10. The number of carbonyl (C=O) groups excluding carboxylic acids is 1. The minimum absolute atomic E-state index is 0.297. The molecular weight excluding hydrogens is 246 g/mol. The summed E-state index contributed by atoms with van der Waals surface area (Å²) in [5, 5.41) is 2.51. The van der Waals surface area contributed by atoms with Crippen molar-refractivity contribution in [2.45, 2.75) is 46.1 Å². The number of Topliss-reactive ketones (excluding diaryl/α,β-unsaturated/α-hetero) is 1. The van der Waals surface area contributed by atoms with Crippen molar-refractivity contribution in [3.05, 3.63) is 48.3 Å². The standard InChI is InChI=1S/C18H23NO/c1-4-6-9-19-12-16-8-7-15(11-17(16)13-19)14(3)10-18(20)5-2/h4,6-8,11-14H,5,9-10H2,1-3H3/b6-4+/t14-/m1/s1. The minimum Gasteiger partial charge on any atom is -0.349 e. The number of nitrogens with zero attached hydrogens (tertiary/aromatic N) is 1. The Morgan fingerprint density at radius 2 is 2.05 bits per heavy atom. The third-order valence-corrected chi connectivity index (χ3v) is 3.77. The second-order valence-electron chi connectivity index (χ2n) is 5.41. The van der Waals surface area contributed by atoms with E-state index in [1.54, 1.807) is 0 Å². The van der Waals surface area contributed by atoms with Gasteiger partial charge >= 0.3 is 0 Å². The molecule has 0 aliphatic heterocycles. The molecule has 0 N–H and O–H groups in total. The van der Waals surface area contributed by atoms with Crippen molar-refractivity contribution in [1.82, 2.24) is 4.57 Å². The van der Waals surface area contributed by atoms with E-state index in [1.165, 1.54) is 16.3 Å². The molecule has 2 rings (SSSR count). The number of benzene rings is 1. The molecule has 1 atom stereocenters. The second kappa shape index (κ2) is 6.56. The number of rotatable bonds is 6. The molecule has 0 aliphatic carbocycles. The largest absolute Gasteiger partial charge is 0.349 e. The van der Waals surface area contributed by atoms with Crippen LogP contribution in [0.15, 0.2) is 42.7 Å². The van der Waals surface area contributed by atoms with E-state index >= 15 is 0 Å². The van der Waals surface area contributed by atoms with Gasteiger partial charge in [0.05, 0.1) is 0 Å². The molecule has 106 valence electrons. The average molecular weight is 269 g/mol. The van der Waals surface area contributed by atoms with Gasteiger partial charge in [-0.1, -0.05) is 38.1 Å². The fourth-order valence-electron chi connectivity index (χ4n) is 2.46. The molecule has 0 aliphatic rings. The molecule has 1 heterocycles. The number of fused-ring (bicyclic) bond motifs is 1. The highest BCUT2D eigenvalue weighted by Crippen LogP contribution is 2.25. The third kappa shape index (κ3) is 3.38. The molecule has 0 unspecified atom stereocenters. The van der Waals surface area contributed by atoms with Gasteiger partial charge < -0.3 is 4.57 Å². The summed E-state index contributed by atoms with van der Waals surface area (Å²) >= 11 is 0. The molecule has 0 spiro atoms. The van der Waals surface area contributed by atoms with Crippen LogP contribution in [0, 0.1) is 0 Å². The second-order valence-corrected chi connectivity index (χ2v) is 5.41. The van der Waals surface area contributed by atoms with Gasteiger partial charge in [0.15, 0.2) is 0 Å². The van der Waals surface area contributed by atoms with Crippen LogP contribution in [-0.4, -0.2) is 10.4 Å². The number of allylic oxidation sites excluding steroid dienone is 2. The Morgan fingerprint density at radius 1 is 1.30 bits per heavy atom. The molecule has 2 aromatic rings. The molecule has 20 heavy (non-hydrogen) atoms. The van der Waals surface area contributed by atoms with Gasteiger partial charge in [0, 0.05) is 31.8 Å². The summed E-state index contributed by atoms with van der Waals surface area (Å²) in [5.74, 6) is 0.633. The molecule has 0 saturated carbocycles. The lowest BCUT2D eigenvalue weighted by Crippen LogP contribution is -2.02. The van der Waals surface area contributed by atoms with Crippen molar-refractivity contribution in [2.24, 2.45) is 0 Å². The predicted octanol–water partition coefficient (Wildman–Crippen LogP) is 4.69. The van der Waals surface area contributed by atoms with Crippen LogP contribution in [0.5, 0.6) is 0 Å². The number of aromatic nitrogens is 1. The molecule has 1 aromatic heterocycles. The molecule has 0 bridgehead atoms. The van der Waals surface area contributed by atoms with Gasteiger partial charge in [-0.25, -0.2) is 0 Å². The van der Waals surface area contributed by atoms with Gasteiger partial charge in [-0.3, -0.25) is 4.79 Å². The van der Waals surface area contributed by atoms with E-state index in [4.69, 9.17) is 0 Å². The maximum absolute atomic E-state index is 11.6. The normalized spacial score (nSPS) is 13.2. The van der Waals surface area contributed by atoms with Gasteiger partial charge in [-0.2, -0.15) is 0 Å². The van der Waals surface area contributed by atoms with E-state index in [-0.39, 0.29) is 0 Å². The van der Waals surface area contributed by atoms with Gasteiger partial charge in [0.1, 0.15) is 5.78 Å². The fraction of sp³-hybridized carbons (Fsp3) is 0.389. The molecule has 1 aromatic carbocycles. The lowest BCUT2D eigenvalue weighted by atomic mass is 9.94. The lowest BCUT2D eigenvalue weighted by molar-refractivity contribution is -0.119. The van der Waals surface area contributed by atoms with Crippen LogP contribution in [0.3, 0.4) is 0 Å². The number of hydrogen-bond acceptors (Lipinski definition) is 1. The smallest absolute Gasteiger partial charge is 0.133 e. The molecule has 0 saturated heterocycles. The zero-order valence-electron chi connectivity index (χ0n) is 12.6. The average Bonchev–Trinajstić information content (AvgIpc) is 2.86. The maximum Gasteiger partial charge on any atom is 0.133 e. The van der Waals surface area contributed by atoms with Crippen molar-refractivity contribution in [1.29, 1.82) is 0 Å². The Hall–Kier alpha value is -1.83. The van der Waals surface area contributed by atoms with E-state index in [0.717, 1.165) is 6.54 Å². The SMILES string of the molecule is C/C=C/Cn1cc2ccc([C@H](C)CC(=O)CC)cc2c1. The first-order chi connectivity index (χ1) is 9.63. The van der Waals surface area contributed by atoms with Crippen molar-refractivity contribution in [2.75, 3.05) is 0 Å². The van der Waals surface area contributed by atoms with Crippen molar-refractivity contribution < 1.29 is 4.79 Å². The highest BCUT2D eigenvalue weighted by atomic mass is 16.1. The topological polar surface area (TPSA) is 22.0 Å². The van der Waals surface area contributed by atoms with Crippen molar-refractivity contribution >= 4 is 16.6 Å². The van der Waals surface area contributed by atoms with Crippen LogP contribution in [0.1, 0.15) is 45.1 Å². The van der Waals surface area contributed by atoms with Crippen LogP contribution in [0.4, 0.5) is 0 Å². The summed E-state index contributed by atoms with van der Waals surface area (Å²) in [6, 6.07) is 6.52. The highest BCUT2D eigenvalue weighted by molar-refractivity contribution is 5.83. The first kappa shape index (κ1) is 14.6. The van der Waals surface area contributed by atoms with Crippen molar-refractivity contribution in [3.8, 4) is 0 Å². The van der Waals surface area contributed by atoms with Crippen LogP contribution in [-0.2, 0) is 11.3 Å². The van der Waals surface area contributed by atoms with Crippen molar-refractivity contribution in [3.63, 3.8) is 0 Å². The molecule has 0 fully saturated rings. The summed E-state index contributed by atoms with van der Waals surface area (Å²) in [5.41, 5.74) is 1.25. The Bertz CT molecular complexity index is 621. The summed E-state index contributed by atoms with van der Waals surface area (Å²) < 4.78 is 2.19. The summed E-state index contributed by atoms with van der Waals surface area (Å²) in [6.07, 6.45) is 9.82. The zero-order valence-corrected chi connectivity index (χ0v) is 12.6. The Labute approximate surface area is 121 Å². The molecular formula is C18H23NO. The van der Waals surface area contributed by atoms with Crippen LogP contribution in [0.2, 0.25) is 0 Å². The predicted molar refractivity (Wildman–Crippen MR) is 85.1 cm³/mol. The van der Waals surface area contributed by atoms with E-state index in [2.05, 4.69) is 54.2 Å². The van der Waals surface area contributed by atoms with E-state index in [9.17, 15) is 4.79 Å². The Morgan fingerprint density at radius 3 is 2.75 bits per heavy atom. The summed E-state index contributed by atoms with van der Waals surface area (Å²) in [4.78, 5) is 11.6. The quantitative estimate of drug-likeness (QED) is 0.697. The monoisotopic (exact) mass is 269 g/mol. The van der Waals surface area contributed by atoms with Crippen LogP contribution >= 0.6 is 0 Å². The fourth-order valence-corrected chi connectivity index (χ4v) is 2.46. The Kier molecular flexibility index (Phi) is 4.78. The summed E-state index contributed by atoms with van der Waals surface area (Å²) in [6.45, 7) is 7.00. The van der Waals surface area contributed by atoms with Gasteiger partial charge in [0.25, 0.3) is 0 Å². The third-order valence-electron chi connectivity index (χ3n) is 3.77. The van der Waals surface area contributed by atoms with Crippen LogP contribution in [0.25, 0.3) is 10.8 Å². The van der Waals surface area contributed by atoms with E-state index in [0.29, 0.717) is 24.5 Å². The molecule has 0 radical (unpaired) electrons.